The SMILES string of the molecule is Cc1sc(C(=O)NN)cc1COC(C)C. The molecule has 0 spiro atoms. The molecule has 0 fully saturated rings. The maximum atomic E-state index is 11.3. The molecule has 0 saturated heterocycles. The summed E-state index contributed by atoms with van der Waals surface area (Å²) in [6.07, 6.45) is 0.191. The number of carbonyl (C=O) groups excluding carboxylic acids is 1. The number of hydrogen-bond acceptors (Lipinski definition) is 4. The van der Waals surface area contributed by atoms with Crippen molar-refractivity contribution in [1.29, 1.82) is 0 Å². The molecular formula is C10H16N2O2S. The van der Waals surface area contributed by atoms with E-state index in [0.717, 1.165) is 10.4 Å². The molecule has 1 heterocycles. The topological polar surface area (TPSA) is 64.4 Å². The molecule has 1 amide bonds. The van der Waals surface area contributed by atoms with Gasteiger partial charge in [0, 0.05) is 4.88 Å². The van der Waals surface area contributed by atoms with Gasteiger partial charge in [-0.15, -0.1) is 11.3 Å². The van der Waals surface area contributed by atoms with Gasteiger partial charge in [0.2, 0.25) is 0 Å². The number of aryl methyl sites for hydroxylation is 1. The normalized spacial score (nSPS) is 10.7. The third-order valence-electron chi connectivity index (χ3n) is 1.95. The molecule has 0 saturated carbocycles. The molecule has 0 radical (unpaired) electrons. The van der Waals surface area contributed by atoms with Crippen molar-refractivity contribution in [3.05, 3.63) is 21.4 Å². The summed E-state index contributed by atoms with van der Waals surface area (Å²) in [4.78, 5) is 13.0. The second-order valence-corrected chi connectivity index (χ2v) is 4.78. The number of carbonyl (C=O) groups is 1. The number of amides is 1. The lowest BCUT2D eigenvalue weighted by atomic mass is 10.2. The van der Waals surface area contributed by atoms with E-state index in [0.29, 0.717) is 11.5 Å². The highest BCUT2D eigenvalue weighted by Gasteiger charge is 2.11. The number of nitrogens with two attached hydrogens (primary N) is 1. The number of hydrazine groups is 1. The highest BCUT2D eigenvalue weighted by molar-refractivity contribution is 7.14. The Balaban J connectivity index is 2.73. The van der Waals surface area contributed by atoms with Crippen LogP contribution in [0.15, 0.2) is 6.07 Å². The molecule has 0 aliphatic rings. The summed E-state index contributed by atoms with van der Waals surface area (Å²) in [5, 5.41) is 0. The molecule has 0 bridgehead atoms. The highest BCUT2D eigenvalue weighted by atomic mass is 32.1. The zero-order valence-corrected chi connectivity index (χ0v) is 9.98. The molecule has 84 valence electrons. The van der Waals surface area contributed by atoms with Crippen molar-refractivity contribution in [2.75, 3.05) is 0 Å². The van der Waals surface area contributed by atoms with Crippen LogP contribution in [0.1, 0.15) is 34.0 Å². The third kappa shape index (κ3) is 3.30. The van der Waals surface area contributed by atoms with Crippen LogP contribution in [0, 0.1) is 6.92 Å². The quantitative estimate of drug-likeness (QED) is 0.467. The summed E-state index contributed by atoms with van der Waals surface area (Å²) < 4.78 is 5.48. The summed E-state index contributed by atoms with van der Waals surface area (Å²) >= 11 is 1.43. The van der Waals surface area contributed by atoms with Gasteiger partial charge in [-0.2, -0.15) is 0 Å². The van der Waals surface area contributed by atoms with Gasteiger partial charge in [-0.3, -0.25) is 10.2 Å². The second-order valence-electron chi connectivity index (χ2n) is 3.53. The summed E-state index contributed by atoms with van der Waals surface area (Å²) in [7, 11) is 0. The van der Waals surface area contributed by atoms with Gasteiger partial charge in [0.15, 0.2) is 0 Å². The van der Waals surface area contributed by atoms with Gasteiger partial charge in [-0.1, -0.05) is 0 Å². The van der Waals surface area contributed by atoms with E-state index >= 15 is 0 Å². The lowest BCUT2D eigenvalue weighted by Crippen LogP contribution is -2.29. The van der Waals surface area contributed by atoms with Crippen LogP contribution in [0.5, 0.6) is 0 Å². The Morgan fingerprint density at radius 2 is 2.33 bits per heavy atom. The molecular weight excluding hydrogens is 212 g/mol. The van der Waals surface area contributed by atoms with Crippen molar-refractivity contribution in [2.45, 2.75) is 33.5 Å². The largest absolute Gasteiger partial charge is 0.374 e. The van der Waals surface area contributed by atoms with Gasteiger partial charge < -0.3 is 4.74 Å². The molecule has 1 aromatic heterocycles. The summed E-state index contributed by atoms with van der Waals surface area (Å²) in [5.41, 5.74) is 3.17. The van der Waals surface area contributed by atoms with E-state index in [1.54, 1.807) is 0 Å². The Morgan fingerprint density at radius 3 is 2.87 bits per heavy atom. The van der Waals surface area contributed by atoms with E-state index in [1.165, 1.54) is 11.3 Å². The van der Waals surface area contributed by atoms with Gasteiger partial charge in [-0.05, 0) is 32.4 Å². The first kappa shape index (κ1) is 12.2. The third-order valence-corrected chi connectivity index (χ3v) is 3.04. The van der Waals surface area contributed by atoms with Crippen molar-refractivity contribution in [1.82, 2.24) is 5.43 Å². The van der Waals surface area contributed by atoms with Gasteiger partial charge in [-0.25, -0.2) is 5.84 Å². The van der Waals surface area contributed by atoms with E-state index in [-0.39, 0.29) is 12.0 Å². The van der Waals surface area contributed by atoms with Gasteiger partial charge in [0.1, 0.15) is 0 Å². The lowest BCUT2D eigenvalue weighted by Gasteiger charge is -2.06. The second kappa shape index (κ2) is 5.25. The van der Waals surface area contributed by atoms with Crippen LogP contribution in [-0.4, -0.2) is 12.0 Å². The number of nitrogen functional groups attached to an aromatic ring is 1. The van der Waals surface area contributed by atoms with Crippen LogP contribution in [0.2, 0.25) is 0 Å². The standard InChI is InChI=1S/C10H16N2O2S/c1-6(2)14-5-8-4-9(10(13)12-11)15-7(8)3/h4,6H,5,11H2,1-3H3,(H,12,13). The van der Waals surface area contributed by atoms with Crippen molar-refractivity contribution < 1.29 is 9.53 Å². The fourth-order valence-electron chi connectivity index (χ4n) is 1.10. The van der Waals surface area contributed by atoms with Crippen LogP contribution in [0.3, 0.4) is 0 Å². The minimum absolute atomic E-state index is 0.191. The average molecular weight is 228 g/mol. The highest BCUT2D eigenvalue weighted by Crippen LogP contribution is 2.22. The van der Waals surface area contributed by atoms with E-state index in [2.05, 4.69) is 5.43 Å². The van der Waals surface area contributed by atoms with Crippen LogP contribution in [0.25, 0.3) is 0 Å². The number of hydrogen-bond donors (Lipinski definition) is 2. The molecule has 0 atom stereocenters. The Labute approximate surface area is 93.4 Å². The zero-order chi connectivity index (χ0) is 11.4. The molecule has 1 rings (SSSR count). The summed E-state index contributed by atoms with van der Waals surface area (Å²) in [6, 6.07) is 1.82. The minimum atomic E-state index is -0.251. The van der Waals surface area contributed by atoms with Gasteiger partial charge in [0.05, 0.1) is 17.6 Å². The monoisotopic (exact) mass is 228 g/mol. The first-order valence-electron chi connectivity index (χ1n) is 4.76. The zero-order valence-electron chi connectivity index (χ0n) is 9.16. The molecule has 0 aromatic carbocycles. The fraction of sp³-hybridized carbons (Fsp3) is 0.500. The molecule has 4 nitrogen and oxygen atoms in total. The Kier molecular flexibility index (Phi) is 4.26. The Hall–Kier alpha value is -0.910. The molecule has 0 unspecified atom stereocenters. The first-order valence-corrected chi connectivity index (χ1v) is 5.58. The van der Waals surface area contributed by atoms with Crippen LogP contribution in [0.4, 0.5) is 0 Å². The predicted molar refractivity (Wildman–Crippen MR) is 60.6 cm³/mol. The van der Waals surface area contributed by atoms with E-state index in [1.807, 2.05) is 26.8 Å². The van der Waals surface area contributed by atoms with Crippen LogP contribution in [-0.2, 0) is 11.3 Å². The maximum absolute atomic E-state index is 11.3. The smallest absolute Gasteiger partial charge is 0.275 e. The van der Waals surface area contributed by atoms with E-state index in [9.17, 15) is 4.79 Å². The fourth-order valence-corrected chi connectivity index (χ4v) is 2.03. The van der Waals surface area contributed by atoms with Gasteiger partial charge >= 0.3 is 0 Å². The van der Waals surface area contributed by atoms with Crippen LogP contribution >= 0.6 is 11.3 Å². The number of thiophene rings is 1. The van der Waals surface area contributed by atoms with Crippen LogP contribution < -0.4 is 11.3 Å². The molecule has 3 N–H and O–H groups in total. The average Bonchev–Trinajstić information content (AvgIpc) is 2.55. The maximum Gasteiger partial charge on any atom is 0.275 e. The van der Waals surface area contributed by atoms with Crippen molar-refractivity contribution >= 4 is 17.2 Å². The van der Waals surface area contributed by atoms with Crippen molar-refractivity contribution in [3.63, 3.8) is 0 Å². The molecule has 0 aliphatic heterocycles. The van der Waals surface area contributed by atoms with E-state index in [4.69, 9.17) is 10.6 Å². The lowest BCUT2D eigenvalue weighted by molar-refractivity contribution is 0.0656. The molecule has 0 aliphatic carbocycles. The summed E-state index contributed by atoms with van der Waals surface area (Å²) in [5.74, 6) is 4.81. The first-order chi connectivity index (χ1) is 7.04. The minimum Gasteiger partial charge on any atom is -0.374 e. The number of ether oxygens (including phenoxy) is 1. The summed E-state index contributed by atoms with van der Waals surface area (Å²) in [6.45, 7) is 6.47. The molecule has 1 aromatic rings. The Bertz CT molecular complexity index is 347. The molecule has 5 heteroatoms. The number of nitrogens with one attached hydrogen (secondary N) is 1. The van der Waals surface area contributed by atoms with Gasteiger partial charge in [0.25, 0.3) is 5.91 Å². The van der Waals surface area contributed by atoms with E-state index < -0.39 is 0 Å². The van der Waals surface area contributed by atoms with Crippen molar-refractivity contribution in [2.24, 2.45) is 5.84 Å². The van der Waals surface area contributed by atoms with Crippen molar-refractivity contribution in [3.8, 4) is 0 Å². The molecule has 15 heavy (non-hydrogen) atoms. The predicted octanol–water partition coefficient (Wildman–Crippen LogP) is 1.59. The Morgan fingerprint density at radius 1 is 1.67 bits per heavy atom. The number of rotatable bonds is 4.